The van der Waals surface area contributed by atoms with Crippen LogP contribution in [0.1, 0.15) is 11.1 Å². The standard InChI is InChI=1S/C20H20BrNO4S2/c1-22(2)20(27)28-18-15(21)10-12(11-17(18)26-4)9-14(19(23)24)13-7-5-6-8-16(13)25-3/h5-11H,1-4H3,(H,23,24)/b14-9+. The van der Waals surface area contributed by atoms with Crippen molar-refractivity contribution in [3.63, 3.8) is 0 Å². The molecule has 5 nitrogen and oxygen atoms in total. The molecule has 148 valence electrons. The van der Waals surface area contributed by atoms with Crippen LogP contribution in [0.5, 0.6) is 11.5 Å². The molecule has 1 N–H and O–H groups in total. The lowest BCUT2D eigenvalue weighted by atomic mass is 10.0. The number of para-hydroxylation sites is 1. The van der Waals surface area contributed by atoms with Gasteiger partial charge in [0.15, 0.2) is 0 Å². The molecule has 0 radical (unpaired) electrons. The van der Waals surface area contributed by atoms with Gasteiger partial charge in [0.25, 0.3) is 0 Å². The zero-order valence-electron chi connectivity index (χ0n) is 15.9. The van der Waals surface area contributed by atoms with Crippen molar-refractivity contribution in [1.82, 2.24) is 4.90 Å². The molecule has 0 amide bonds. The van der Waals surface area contributed by atoms with Gasteiger partial charge in [-0.15, -0.1) is 0 Å². The lowest BCUT2D eigenvalue weighted by molar-refractivity contribution is -0.130. The molecule has 0 saturated heterocycles. The number of ether oxygens (including phenoxy) is 2. The van der Waals surface area contributed by atoms with Crippen LogP contribution in [0.15, 0.2) is 45.8 Å². The van der Waals surface area contributed by atoms with E-state index in [1.54, 1.807) is 43.5 Å². The van der Waals surface area contributed by atoms with Gasteiger partial charge in [0.05, 0.1) is 24.7 Å². The predicted octanol–water partition coefficient (Wildman–Crippen LogP) is 5.03. The second-order valence-corrected chi connectivity index (χ2v) is 8.36. The normalized spacial score (nSPS) is 11.1. The summed E-state index contributed by atoms with van der Waals surface area (Å²) in [6, 6.07) is 10.6. The second-order valence-electron chi connectivity index (χ2n) is 5.86. The highest BCUT2D eigenvalue weighted by Crippen LogP contribution is 2.39. The first-order valence-electron chi connectivity index (χ1n) is 8.13. The van der Waals surface area contributed by atoms with E-state index in [0.29, 0.717) is 26.9 Å². The summed E-state index contributed by atoms with van der Waals surface area (Å²) in [4.78, 5) is 14.6. The molecule has 0 heterocycles. The number of methoxy groups -OCH3 is 2. The van der Waals surface area contributed by atoms with Gasteiger partial charge >= 0.3 is 5.97 Å². The number of hydrogen-bond donors (Lipinski definition) is 1. The first kappa shape index (κ1) is 22.3. The van der Waals surface area contributed by atoms with Gasteiger partial charge in [0, 0.05) is 24.1 Å². The highest BCUT2D eigenvalue weighted by molar-refractivity contribution is 9.10. The van der Waals surface area contributed by atoms with Gasteiger partial charge in [-0.05, 0) is 45.8 Å². The fourth-order valence-electron chi connectivity index (χ4n) is 2.39. The topological polar surface area (TPSA) is 59.0 Å². The Hall–Kier alpha value is -2.03. The maximum absolute atomic E-state index is 11.9. The zero-order chi connectivity index (χ0) is 20.8. The van der Waals surface area contributed by atoms with Crippen LogP contribution < -0.4 is 9.47 Å². The van der Waals surface area contributed by atoms with Crippen LogP contribution in [-0.2, 0) is 4.79 Å². The van der Waals surface area contributed by atoms with Gasteiger partial charge in [-0.2, -0.15) is 0 Å². The Bertz CT molecular complexity index is 928. The fourth-order valence-corrected chi connectivity index (χ4v) is 4.10. The number of thiocarbonyl (C=S) groups is 1. The molecule has 28 heavy (non-hydrogen) atoms. The van der Waals surface area contributed by atoms with Crippen molar-refractivity contribution < 1.29 is 19.4 Å². The van der Waals surface area contributed by atoms with E-state index in [9.17, 15) is 9.90 Å². The lowest BCUT2D eigenvalue weighted by Gasteiger charge is -2.16. The van der Waals surface area contributed by atoms with Crippen LogP contribution in [0.3, 0.4) is 0 Å². The van der Waals surface area contributed by atoms with Crippen molar-refractivity contribution in [2.45, 2.75) is 4.90 Å². The van der Waals surface area contributed by atoms with Crippen molar-refractivity contribution in [3.05, 3.63) is 52.0 Å². The number of carboxylic acids is 1. The molecule has 8 heteroatoms. The van der Waals surface area contributed by atoms with E-state index in [1.165, 1.54) is 18.9 Å². The number of rotatable bonds is 6. The maximum atomic E-state index is 11.9. The van der Waals surface area contributed by atoms with Crippen LogP contribution >= 0.6 is 39.9 Å². The summed E-state index contributed by atoms with van der Waals surface area (Å²) in [6.45, 7) is 0. The molecule has 0 spiro atoms. The summed E-state index contributed by atoms with van der Waals surface area (Å²) < 4.78 is 12.3. The second kappa shape index (κ2) is 9.95. The summed E-state index contributed by atoms with van der Waals surface area (Å²) in [7, 11) is 6.83. The van der Waals surface area contributed by atoms with Gasteiger partial charge in [0.2, 0.25) is 0 Å². The van der Waals surface area contributed by atoms with Crippen LogP contribution in [0.2, 0.25) is 0 Å². The Balaban J connectivity index is 2.55. The van der Waals surface area contributed by atoms with E-state index in [0.717, 1.165) is 9.37 Å². The van der Waals surface area contributed by atoms with Crippen LogP contribution in [0.25, 0.3) is 11.6 Å². The minimum absolute atomic E-state index is 0.121. The zero-order valence-corrected chi connectivity index (χ0v) is 19.1. The number of carboxylic acid groups (broad SMARTS) is 1. The molecule has 0 unspecified atom stereocenters. The van der Waals surface area contributed by atoms with E-state index in [1.807, 2.05) is 25.1 Å². The molecule has 0 atom stereocenters. The van der Waals surface area contributed by atoms with E-state index in [4.69, 9.17) is 21.7 Å². The quantitative estimate of drug-likeness (QED) is 0.268. The van der Waals surface area contributed by atoms with Crippen molar-refractivity contribution in [3.8, 4) is 11.5 Å². The largest absolute Gasteiger partial charge is 0.496 e. The highest BCUT2D eigenvalue weighted by Gasteiger charge is 2.18. The smallest absolute Gasteiger partial charge is 0.336 e. The summed E-state index contributed by atoms with van der Waals surface area (Å²) in [5, 5.41) is 9.74. The highest BCUT2D eigenvalue weighted by atomic mass is 79.9. The average Bonchev–Trinajstić information content (AvgIpc) is 2.67. The third-order valence-corrected chi connectivity index (χ3v) is 6.41. The molecule has 2 rings (SSSR count). The molecule has 0 bridgehead atoms. The minimum atomic E-state index is -1.05. The average molecular weight is 482 g/mol. The maximum Gasteiger partial charge on any atom is 0.336 e. The number of aliphatic carboxylic acids is 1. The van der Waals surface area contributed by atoms with Crippen molar-refractivity contribution in [2.24, 2.45) is 0 Å². The Morgan fingerprint density at radius 1 is 1.18 bits per heavy atom. The summed E-state index contributed by atoms with van der Waals surface area (Å²) in [5.41, 5.74) is 1.29. The Morgan fingerprint density at radius 3 is 2.39 bits per heavy atom. The minimum Gasteiger partial charge on any atom is -0.496 e. The number of thioether (sulfide) groups is 1. The molecule has 0 aliphatic rings. The lowest BCUT2D eigenvalue weighted by Crippen LogP contribution is -2.16. The molecular weight excluding hydrogens is 462 g/mol. The fraction of sp³-hybridized carbons (Fsp3) is 0.200. The summed E-state index contributed by atoms with van der Waals surface area (Å²) in [5.74, 6) is 0.0390. The number of benzene rings is 2. The van der Waals surface area contributed by atoms with E-state index in [2.05, 4.69) is 15.9 Å². The number of hydrogen-bond acceptors (Lipinski definition) is 5. The number of nitrogens with zero attached hydrogens (tertiary/aromatic N) is 1. The monoisotopic (exact) mass is 481 g/mol. The van der Waals surface area contributed by atoms with Crippen LogP contribution in [-0.4, -0.2) is 48.6 Å². The molecule has 2 aromatic carbocycles. The molecular formula is C20H20BrNO4S2. The third kappa shape index (κ3) is 5.27. The van der Waals surface area contributed by atoms with Crippen molar-refractivity contribution >= 4 is 61.8 Å². The van der Waals surface area contributed by atoms with Gasteiger partial charge in [-0.1, -0.05) is 42.2 Å². The molecule has 0 aliphatic heterocycles. The Morgan fingerprint density at radius 2 is 1.82 bits per heavy atom. The first-order valence-corrected chi connectivity index (χ1v) is 10.1. The van der Waals surface area contributed by atoms with Gasteiger partial charge < -0.3 is 19.5 Å². The SMILES string of the molecule is COc1ccccc1/C(=C\c1cc(Br)c(SC(=S)N(C)C)c(OC)c1)C(=O)O. The van der Waals surface area contributed by atoms with E-state index < -0.39 is 5.97 Å². The molecule has 0 aliphatic carbocycles. The molecule has 2 aromatic rings. The molecule has 0 aromatic heterocycles. The summed E-state index contributed by atoms with van der Waals surface area (Å²) in [6.07, 6.45) is 1.59. The first-order chi connectivity index (χ1) is 13.3. The van der Waals surface area contributed by atoms with E-state index in [-0.39, 0.29) is 5.57 Å². The Labute approximate surface area is 182 Å². The van der Waals surface area contributed by atoms with Gasteiger partial charge in [-0.25, -0.2) is 4.79 Å². The van der Waals surface area contributed by atoms with Crippen molar-refractivity contribution in [2.75, 3.05) is 28.3 Å². The van der Waals surface area contributed by atoms with Gasteiger partial charge in [-0.3, -0.25) is 0 Å². The van der Waals surface area contributed by atoms with Crippen LogP contribution in [0, 0.1) is 0 Å². The molecule has 0 fully saturated rings. The third-order valence-electron chi connectivity index (χ3n) is 3.74. The van der Waals surface area contributed by atoms with Crippen molar-refractivity contribution in [1.29, 1.82) is 0 Å². The van der Waals surface area contributed by atoms with Crippen LogP contribution in [0.4, 0.5) is 0 Å². The molecule has 0 saturated carbocycles. The summed E-state index contributed by atoms with van der Waals surface area (Å²) >= 11 is 10.3. The number of halogens is 1. The predicted molar refractivity (Wildman–Crippen MR) is 121 cm³/mol. The van der Waals surface area contributed by atoms with E-state index >= 15 is 0 Å². The Kier molecular flexibility index (Phi) is 7.91. The number of carbonyl (C=O) groups is 1. The van der Waals surface area contributed by atoms with Gasteiger partial charge in [0.1, 0.15) is 15.8 Å².